The number of carbonyl (C=O) groups is 4. The number of nitrogens with one attached hydrogen (secondary N) is 2. The fourth-order valence-corrected chi connectivity index (χ4v) is 3.53. The molecule has 1 aliphatic rings. The number of nitro groups is 1. The van der Waals surface area contributed by atoms with E-state index < -0.39 is 47.4 Å². The molecule has 0 aliphatic carbocycles. The summed E-state index contributed by atoms with van der Waals surface area (Å²) in [6.45, 7) is 0.291. The lowest BCUT2D eigenvalue weighted by atomic mass is 9.87. The molecule has 1 atom stereocenters. The van der Waals surface area contributed by atoms with Gasteiger partial charge in [-0.1, -0.05) is 48.9 Å². The van der Waals surface area contributed by atoms with Gasteiger partial charge in [-0.3, -0.25) is 29.4 Å². The molecule has 0 saturated carbocycles. The number of amides is 4. The molecule has 1 unspecified atom stereocenters. The minimum absolute atomic E-state index is 0.0309. The third kappa shape index (κ3) is 4.93. The zero-order valence-electron chi connectivity index (χ0n) is 17.4. The van der Waals surface area contributed by atoms with Crippen LogP contribution in [0.2, 0.25) is 5.02 Å². The molecule has 4 amide bonds. The van der Waals surface area contributed by atoms with Crippen molar-refractivity contribution >= 4 is 46.8 Å². The van der Waals surface area contributed by atoms with Gasteiger partial charge in [0.2, 0.25) is 0 Å². The zero-order valence-corrected chi connectivity index (χ0v) is 18.1. The summed E-state index contributed by atoms with van der Waals surface area (Å²) >= 11 is 5.91. The smallest absolute Gasteiger partial charge is 0.326 e. The lowest BCUT2D eigenvalue weighted by molar-refractivity contribution is -0.384. The van der Waals surface area contributed by atoms with Crippen molar-refractivity contribution in [2.24, 2.45) is 0 Å². The molecule has 0 bridgehead atoms. The van der Waals surface area contributed by atoms with E-state index in [1.807, 2.05) is 0 Å². The van der Waals surface area contributed by atoms with Crippen LogP contribution in [0.1, 0.15) is 18.9 Å². The van der Waals surface area contributed by atoms with Gasteiger partial charge in [0.1, 0.15) is 12.1 Å². The van der Waals surface area contributed by atoms with Gasteiger partial charge in [-0.15, -0.1) is 0 Å². The van der Waals surface area contributed by atoms with Gasteiger partial charge in [0.25, 0.3) is 17.5 Å². The molecular weight excluding hydrogens is 456 g/mol. The van der Waals surface area contributed by atoms with E-state index in [0.717, 1.165) is 11.0 Å². The highest BCUT2D eigenvalue weighted by atomic mass is 35.5. The Labute approximate surface area is 192 Å². The number of anilines is 1. The number of hydrogen-bond donors (Lipinski definition) is 2. The van der Waals surface area contributed by atoms with E-state index in [1.165, 1.54) is 12.1 Å². The Morgan fingerprint density at radius 2 is 1.91 bits per heavy atom. The number of halogens is 1. The summed E-state index contributed by atoms with van der Waals surface area (Å²) in [5, 5.41) is 15.8. The SMILES string of the molecule is CCC1(c2ccccc2)NC(=O)N(CC(=O)OCC(=O)Nc2cc([N+](=O)[O-])ccc2Cl)C1=O. The molecule has 1 saturated heterocycles. The molecule has 0 spiro atoms. The van der Waals surface area contributed by atoms with Crippen LogP contribution in [0.4, 0.5) is 16.2 Å². The van der Waals surface area contributed by atoms with Crippen LogP contribution in [-0.2, 0) is 24.7 Å². The second-order valence-electron chi connectivity index (χ2n) is 7.08. The molecular formula is C21H19ClN4O7. The first-order valence-electron chi connectivity index (χ1n) is 9.77. The molecule has 1 heterocycles. The number of ether oxygens (including phenoxy) is 1. The molecule has 1 aliphatic heterocycles. The first-order valence-corrected chi connectivity index (χ1v) is 10.1. The van der Waals surface area contributed by atoms with E-state index >= 15 is 0 Å². The minimum atomic E-state index is -1.30. The third-order valence-electron chi connectivity index (χ3n) is 5.06. The fraction of sp³-hybridized carbons (Fsp3) is 0.238. The molecule has 0 radical (unpaired) electrons. The Balaban J connectivity index is 1.60. The maximum Gasteiger partial charge on any atom is 0.326 e. The summed E-state index contributed by atoms with van der Waals surface area (Å²) in [4.78, 5) is 60.6. The van der Waals surface area contributed by atoms with Gasteiger partial charge in [-0.2, -0.15) is 0 Å². The number of esters is 1. The van der Waals surface area contributed by atoms with E-state index in [4.69, 9.17) is 16.3 Å². The Kier molecular flexibility index (Phi) is 6.92. The number of nitrogens with zero attached hydrogens (tertiary/aromatic N) is 2. The van der Waals surface area contributed by atoms with E-state index in [0.29, 0.717) is 5.56 Å². The Morgan fingerprint density at radius 3 is 2.55 bits per heavy atom. The quantitative estimate of drug-likeness (QED) is 0.258. The average molecular weight is 475 g/mol. The number of urea groups is 1. The van der Waals surface area contributed by atoms with Crippen molar-refractivity contribution < 1.29 is 28.8 Å². The molecule has 11 nitrogen and oxygen atoms in total. The second-order valence-corrected chi connectivity index (χ2v) is 7.48. The van der Waals surface area contributed by atoms with Gasteiger partial charge in [0.05, 0.1) is 15.6 Å². The van der Waals surface area contributed by atoms with E-state index in [2.05, 4.69) is 10.6 Å². The zero-order chi connectivity index (χ0) is 24.2. The number of benzene rings is 2. The van der Waals surface area contributed by atoms with E-state index in [9.17, 15) is 29.3 Å². The number of nitro benzene ring substituents is 1. The number of non-ortho nitro benzene ring substituents is 1. The fourth-order valence-electron chi connectivity index (χ4n) is 3.36. The molecule has 2 aromatic rings. The maximum absolute atomic E-state index is 13.0. The molecule has 3 rings (SSSR count). The van der Waals surface area contributed by atoms with Crippen molar-refractivity contribution in [1.29, 1.82) is 0 Å². The van der Waals surface area contributed by atoms with Crippen LogP contribution in [-0.4, -0.2) is 46.8 Å². The van der Waals surface area contributed by atoms with Crippen LogP contribution >= 0.6 is 11.6 Å². The predicted molar refractivity (Wildman–Crippen MR) is 116 cm³/mol. The normalized spacial score (nSPS) is 17.5. The van der Waals surface area contributed by atoms with Crippen molar-refractivity contribution in [3.8, 4) is 0 Å². The topological polar surface area (TPSA) is 148 Å². The van der Waals surface area contributed by atoms with Crippen LogP contribution in [0.25, 0.3) is 0 Å². The summed E-state index contributed by atoms with van der Waals surface area (Å²) in [5.41, 5.74) is -1.04. The molecule has 33 heavy (non-hydrogen) atoms. The highest BCUT2D eigenvalue weighted by Gasteiger charge is 2.51. The third-order valence-corrected chi connectivity index (χ3v) is 5.39. The van der Waals surface area contributed by atoms with Crippen molar-refractivity contribution in [3.05, 3.63) is 69.2 Å². The highest BCUT2D eigenvalue weighted by Crippen LogP contribution is 2.32. The summed E-state index contributed by atoms with van der Waals surface area (Å²) in [7, 11) is 0. The number of carbonyl (C=O) groups excluding carboxylic acids is 4. The lowest BCUT2D eigenvalue weighted by Crippen LogP contribution is -2.44. The number of imide groups is 1. The van der Waals surface area contributed by atoms with Crippen molar-refractivity contribution in [1.82, 2.24) is 10.2 Å². The monoisotopic (exact) mass is 474 g/mol. The first-order chi connectivity index (χ1) is 15.7. The summed E-state index contributed by atoms with van der Waals surface area (Å²) < 4.78 is 4.86. The van der Waals surface area contributed by atoms with Crippen LogP contribution < -0.4 is 10.6 Å². The molecule has 0 aromatic heterocycles. The standard InChI is InChI=1S/C21H19ClN4O7/c1-2-21(13-6-4-3-5-7-13)19(29)25(20(30)24-21)11-18(28)33-12-17(27)23-16-10-14(26(31)32)8-9-15(16)22/h3-10H,2,11-12H2,1H3,(H,23,27)(H,24,30). The molecule has 12 heteroatoms. The Hall–Kier alpha value is -3.99. The summed E-state index contributed by atoms with van der Waals surface area (Å²) in [6, 6.07) is 11.4. The van der Waals surface area contributed by atoms with Crippen LogP contribution in [0.3, 0.4) is 0 Å². The maximum atomic E-state index is 13.0. The van der Waals surface area contributed by atoms with Crippen LogP contribution in [0, 0.1) is 10.1 Å². The van der Waals surface area contributed by atoms with Gasteiger partial charge in [0, 0.05) is 12.1 Å². The van der Waals surface area contributed by atoms with Crippen molar-refractivity contribution in [3.63, 3.8) is 0 Å². The van der Waals surface area contributed by atoms with Gasteiger partial charge in [-0.05, 0) is 18.1 Å². The largest absolute Gasteiger partial charge is 0.454 e. The van der Waals surface area contributed by atoms with Gasteiger partial charge in [0.15, 0.2) is 6.61 Å². The van der Waals surface area contributed by atoms with Crippen molar-refractivity contribution in [2.45, 2.75) is 18.9 Å². The minimum Gasteiger partial charge on any atom is -0.454 e. The first kappa shape index (κ1) is 23.7. The van der Waals surface area contributed by atoms with Gasteiger partial charge < -0.3 is 15.4 Å². The van der Waals surface area contributed by atoms with Gasteiger partial charge in [-0.25, -0.2) is 4.79 Å². The summed E-state index contributed by atoms with van der Waals surface area (Å²) in [5.74, 6) is -2.40. The number of hydrogen-bond acceptors (Lipinski definition) is 7. The predicted octanol–water partition coefficient (Wildman–Crippen LogP) is 2.59. The lowest BCUT2D eigenvalue weighted by Gasteiger charge is -2.25. The van der Waals surface area contributed by atoms with Crippen LogP contribution in [0.15, 0.2) is 48.5 Å². The number of rotatable bonds is 8. The van der Waals surface area contributed by atoms with Crippen molar-refractivity contribution in [2.75, 3.05) is 18.5 Å². The van der Waals surface area contributed by atoms with E-state index in [-0.39, 0.29) is 22.8 Å². The molecule has 172 valence electrons. The molecule has 1 fully saturated rings. The highest BCUT2D eigenvalue weighted by molar-refractivity contribution is 6.33. The second kappa shape index (κ2) is 9.65. The summed E-state index contributed by atoms with van der Waals surface area (Å²) in [6.07, 6.45) is 0.263. The Bertz CT molecular complexity index is 1120. The average Bonchev–Trinajstić information content (AvgIpc) is 3.04. The van der Waals surface area contributed by atoms with E-state index in [1.54, 1.807) is 37.3 Å². The van der Waals surface area contributed by atoms with Crippen LogP contribution in [0.5, 0.6) is 0 Å². The Morgan fingerprint density at radius 1 is 1.21 bits per heavy atom. The molecule has 2 N–H and O–H groups in total. The van der Waals surface area contributed by atoms with Gasteiger partial charge >= 0.3 is 12.0 Å². The molecule has 2 aromatic carbocycles.